The van der Waals surface area contributed by atoms with Crippen molar-refractivity contribution in [1.82, 2.24) is 15.1 Å². The van der Waals surface area contributed by atoms with E-state index in [9.17, 15) is 4.79 Å². The van der Waals surface area contributed by atoms with Crippen molar-refractivity contribution >= 4 is 35.8 Å². The molecule has 2 saturated heterocycles. The second-order valence-corrected chi connectivity index (χ2v) is 7.73. The lowest BCUT2D eigenvalue weighted by molar-refractivity contribution is -0.140. The van der Waals surface area contributed by atoms with Gasteiger partial charge >= 0.3 is 0 Å². The molecular weight excluding hydrogens is 495 g/mol. The molecule has 0 atom stereocenters. The smallest absolute Gasteiger partial charge is 0.225 e. The third-order valence-electron chi connectivity index (χ3n) is 5.85. The molecule has 0 bridgehead atoms. The fraction of sp³-hybridized carbons (Fsp3) is 0.636. The number of ether oxygens (including phenoxy) is 2. The van der Waals surface area contributed by atoms with Gasteiger partial charge in [0.15, 0.2) is 5.96 Å². The molecule has 0 aromatic heterocycles. The number of likely N-dealkylation sites (tertiary alicyclic amines) is 1. The van der Waals surface area contributed by atoms with Crippen molar-refractivity contribution in [3.8, 4) is 5.75 Å². The predicted octanol–water partition coefficient (Wildman–Crippen LogP) is 2.31. The third-order valence-corrected chi connectivity index (χ3v) is 5.85. The Kier molecular flexibility index (Phi) is 10.2. The molecule has 7 nitrogen and oxygen atoms in total. The van der Waals surface area contributed by atoms with E-state index < -0.39 is 0 Å². The second-order valence-electron chi connectivity index (χ2n) is 7.73. The Balaban J connectivity index is 0.00000320. The number of carbonyl (C=O) groups excluding carboxylic acids is 1. The molecule has 3 rings (SSSR count). The highest BCUT2D eigenvalue weighted by atomic mass is 127. The average Bonchev–Trinajstić information content (AvgIpc) is 2.78. The van der Waals surface area contributed by atoms with Crippen LogP contribution in [0, 0.1) is 12.8 Å². The van der Waals surface area contributed by atoms with Gasteiger partial charge in [-0.3, -0.25) is 9.79 Å². The zero-order chi connectivity index (χ0) is 20.6. The first kappa shape index (κ1) is 24.7. The van der Waals surface area contributed by atoms with Gasteiger partial charge in [-0.05, 0) is 43.4 Å². The first-order valence-electron chi connectivity index (χ1n) is 10.6. The van der Waals surface area contributed by atoms with Crippen LogP contribution in [0.1, 0.15) is 24.0 Å². The van der Waals surface area contributed by atoms with Gasteiger partial charge in [0, 0.05) is 45.7 Å². The van der Waals surface area contributed by atoms with Crippen LogP contribution in [-0.4, -0.2) is 81.8 Å². The largest absolute Gasteiger partial charge is 0.496 e. The lowest BCUT2D eigenvalue weighted by atomic mass is 9.95. The molecule has 2 fully saturated rings. The summed E-state index contributed by atoms with van der Waals surface area (Å²) in [5.74, 6) is 2.27. The Labute approximate surface area is 197 Å². The summed E-state index contributed by atoms with van der Waals surface area (Å²) in [6.45, 7) is 7.36. The summed E-state index contributed by atoms with van der Waals surface area (Å²) in [7, 11) is 3.53. The monoisotopic (exact) mass is 530 g/mol. The Morgan fingerprint density at radius 1 is 1.20 bits per heavy atom. The van der Waals surface area contributed by atoms with Crippen LogP contribution in [0.2, 0.25) is 0 Å². The number of hydrogen-bond donors (Lipinski definition) is 1. The number of guanidine groups is 1. The third kappa shape index (κ3) is 6.47. The van der Waals surface area contributed by atoms with Gasteiger partial charge in [-0.25, -0.2) is 0 Å². The number of benzene rings is 1. The molecule has 2 aliphatic rings. The van der Waals surface area contributed by atoms with E-state index in [4.69, 9.17) is 9.47 Å². The van der Waals surface area contributed by atoms with E-state index in [1.54, 1.807) is 7.11 Å². The van der Waals surface area contributed by atoms with E-state index in [0.717, 1.165) is 69.3 Å². The first-order valence-corrected chi connectivity index (χ1v) is 10.6. The van der Waals surface area contributed by atoms with Gasteiger partial charge in [-0.1, -0.05) is 12.1 Å². The Hall–Kier alpha value is -1.55. The van der Waals surface area contributed by atoms with E-state index in [1.165, 1.54) is 5.56 Å². The minimum absolute atomic E-state index is 0. The number of nitrogens with one attached hydrogen (secondary N) is 1. The topological polar surface area (TPSA) is 66.4 Å². The summed E-state index contributed by atoms with van der Waals surface area (Å²) in [4.78, 5) is 21.4. The van der Waals surface area contributed by atoms with Crippen molar-refractivity contribution in [2.24, 2.45) is 10.9 Å². The average molecular weight is 530 g/mol. The zero-order valence-corrected chi connectivity index (χ0v) is 20.7. The van der Waals surface area contributed by atoms with Gasteiger partial charge in [0.2, 0.25) is 5.91 Å². The number of halogens is 1. The second kappa shape index (κ2) is 12.3. The summed E-state index contributed by atoms with van der Waals surface area (Å²) in [6.07, 6.45) is 2.67. The number of amides is 1. The number of aryl methyl sites for hydroxylation is 1. The molecule has 0 aliphatic carbocycles. The summed E-state index contributed by atoms with van der Waals surface area (Å²) < 4.78 is 10.8. The van der Waals surface area contributed by atoms with Crippen LogP contribution < -0.4 is 10.1 Å². The van der Waals surface area contributed by atoms with Crippen LogP contribution >= 0.6 is 24.0 Å². The first-order chi connectivity index (χ1) is 14.1. The summed E-state index contributed by atoms with van der Waals surface area (Å²) in [5.41, 5.74) is 2.39. The standard InChI is InChI=1S/C22H34N4O3.HI/c1-17-4-5-18(16-20(17)28-3)6-9-24-22(23-2)26-10-7-19(8-11-26)21(27)25-12-14-29-15-13-25;/h4-5,16,19H,6-15H2,1-3H3,(H,23,24);1H. The maximum absolute atomic E-state index is 12.7. The molecule has 0 unspecified atom stereocenters. The number of carbonyl (C=O) groups is 1. The Morgan fingerprint density at radius 2 is 1.90 bits per heavy atom. The van der Waals surface area contributed by atoms with Crippen molar-refractivity contribution in [3.05, 3.63) is 29.3 Å². The van der Waals surface area contributed by atoms with Crippen molar-refractivity contribution in [1.29, 1.82) is 0 Å². The molecule has 30 heavy (non-hydrogen) atoms. The van der Waals surface area contributed by atoms with Crippen LogP contribution in [0.4, 0.5) is 0 Å². The molecule has 8 heteroatoms. The minimum Gasteiger partial charge on any atom is -0.496 e. The van der Waals surface area contributed by atoms with E-state index in [2.05, 4.69) is 40.3 Å². The normalized spacial score (nSPS) is 18.0. The van der Waals surface area contributed by atoms with Gasteiger partial charge in [-0.2, -0.15) is 0 Å². The van der Waals surface area contributed by atoms with Crippen LogP contribution in [0.5, 0.6) is 5.75 Å². The molecule has 2 aliphatic heterocycles. The Bertz CT molecular complexity index is 714. The van der Waals surface area contributed by atoms with Crippen LogP contribution in [-0.2, 0) is 16.0 Å². The highest BCUT2D eigenvalue weighted by Crippen LogP contribution is 2.21. The van der Waals surface area contributed by atoms with Crippen molar-refractivity contribution in [3.63, 3.8) is 0 Å². The number of rotatable bonds is 5. The zero-order valence-electron chi connectivity index (χ0n) is 18.4. The van der Waals surface area contributed by atoms with Gasteiger partial charge in [0.25, 0.3) is 0 Å². The van der Waals surface area contributed by atoms with E-state index >= 15 is 0 Å². The fourth-order valence-corrected chi connectivity index (χ4v) is 4.05. The number of morpholine rings is 1. The number of methoxy groups -OCH3 is 1. The number of piperidine rings is 1. The Morgan fingerprint density at radius 3 is 2.53 bits per heavy atom. The van der Waals surface area contributed by atoms with Gasteiger partial charge in [0.05, 0.1) is 20.3 Å². The van der Waals surface area contributed by atoms with Crippen molar-refractivity contribution in [2.45, 2.75) is 26.2 Å². The predicted molar refractivity (Wildman–Crippen MR) is 130 cm³/mol. The molecule has 0 saturated carbocycles. The summed E-state index contributed by atoms with van der Waals surface area (Å²) in [6, 6.07) is 6.34. The van der Waals surface area contributed by atoms with E-state index in [-0.39, 0.29) is 29.9 Å². The number of aliphatic imine (C=N–C) groups is 1. The molecule has 168 valence electrons. The maximum atomic E-state index is 12.7. The number of nitrogens with zero attached hydrogens (tertiary/aromatic N) is 3. The molecule has 1 N–H and O–H groups in total. The highest BCUT2D eigenvalue weighted by molar-refractivity contribution is 14.0. The molecular formula is C22H35IN4O3. The fourth-order valence-electron chi connectivity index (χ4n) is 4.05. The van der Waals surface area contributed by atoms with Gasteiger partial charge in [0.1, 0.15) is 5.75 Å². The quantitative estimate of drug-likeness (QED) is 0.360. The molecule has 1 aromatic carbocycles. The SMILES string of the molecule is CN=C(NCCc1ccc(C)c(OC)c1)N1CCC(C(=O)N2CCOCC2)CC1.I. The van der Waals surface area contributed by atoms with Crippen LogP contribution in [0.3, 0.4) is 0 Å². The molecule has 0 spiro atoms. The van der Waals surface area contributed by atoms with Crippen molar-refractivity contribution in [2.75, 3.05) is 60.1 Å². The van der Waals surface area contributed by atoms with Crippen LogP contribution in [0.15, 0.2) is 23.2 Å². The van der Waals surface area contributed by atoms with Gasteiger partial charge < -0.3 is 24.6 Å². The maximum Gasteiger partial charge on any atom is 0.225 e. The molecule has 0 radical (unpaired) electrons. The minimum atomic E-state index is 0. The summed E-state index contributed by atoms with van der Waals surface area (Å²) >= 11 is 0. The van der Waals surface area contributed by atoms with E-state index in [1.807, 2.05) is 11.9 Å². The molecule has 1 aromatic rings. The van der Waals surface area contributed by atoms with Crippen molar-refractivity contribution < 1.29 is 14.3 Å². The lowest BCUT2D eigenvalue weighted by Crippen LogP contribution is -2.50. The van der Waals surface area contributed by atoms with E-state index in [0.29, 0.717) is 19.1 Å². The highest BCUT2D eigenvalue weighted by Gasteiger charge is 2.30. The summed E-state index contributed by atoms with van der Waals surface area (Å²) in [5, 5.41) is 3.47. The number of hydrogen-bond acceptors (Lipinski definition) is 4. The molecule has 2 heterocycles. The lowest BCUT2D eigenvalue weighted by Gasteiger charge is -2.36. The van der Waals surface area contributed by atoms with Gasteiger partial charge in [-0.15, -0.1) is 24.0 Å². The van der Waals surface area contributed by atoms with Crippen LogP contribution in [0.25, 0.3) is 0 Å². The molecule has 1 amide bonds.